The highest BCUT2D eigenvalue weighted by Gasteiger charge is 2.70. The lowest BCUT2D eigenvalue weighted by molar-refractivity contribution is -0.117. The summed E-state index contributed by atoms with van der Waals surface area (Å²) >= 11 is 3.33. The van der Waals surface area contributed by atoms with Gasteiger partial charge in [-0.1, -0.05) is 46.3 Å². The maximum atomic E-state index is 12.6. The van der Waals surface area contributed by atoms with Gasteiger partial charge in [0.05, 0.1) is 18.1 Å². The number of nitrogens with one attached hydrogen (secondary N) is 1. The van der Waals surface area contributed by atoms with Gasteiger partial charge < -0.3 is 5.32 Å². The number of hydrogen-bond donors (Lipinski definition) is 1. The third kappa shape index (κ3) is 2.60. The Hall–Kier alpha value is -2.63. The zero-order chi connectivity index (χ0) is 16.4. The minimum Gasteiger partial charge on any atom is -0.326 e. The predicted molar refractivity (Wildman–Crippen MR) is 89.1 cm³/mol. The van der Waals surface area contributed by atoms with Crippen LogP contribution in [0.1, 0.15) is 11.5 Å². The van der Waals surface area contributed by atoms with Crippen molar-refractivity contribution in [1.82, 2.24) is 0 Å². The van der Waals surface area contributed by atoms with Crippen LogP contribution in [-0.4, -0.2) is 5.91 Å². The molecule has 3 rings (SSSR count). The molecule has 5 heteroatoms. The van der Waals surface area contributed by atoms with Gasteiger partial charge in [-0.3, -0.25) is 4.79 Å². The van der Waals surface area contributed by atoms with Crippen LogP contribution in [0.2, 0.25) is 0 Å². The Bertz CT molecular complexity index is 804. The second kappa shape index (κ2) is 5.87. The van der Waals surface area contributed by atoms with E-state index >= 15 is 0 Å². The van der Waals surface area contributed by atoms with E-state index in [4.69, 9.17) is 0 Å². The number of carbonyl (C=O) groups is 1. The normalized spacial score (nSPS) is 20.8. The van der Waals surface area contributed by atoms with Crippen molar-refractivity contribution >= 4 is 27.5 Å². The van der Waals surface area contributed by atoms with Crippen LogP contribution in [0.25, 0.3) is 0 Å². The van der Waals surface area contributed by atoms with Crippen LogP contribution in [0.5, 0.6) is 0 Å². The monoisotopic (exact) mass is 365 g/mol. The molecule has 0 aliphatic heterocycles. The Balaban J connectivity index is 1.86. The standard InChI is InChI=1S/C18H12BrN3O/c19-13-6-8-14(9-7-13)22-17(23)16-15(18(16,10-20)11-21)12-4-2-1-3-5-12/h1-9,15-16H,(H,22,23)/t15-,16?/m1/s1. The van der Waals surface area contributed by atoms with Crippen molar-refractivity contribution in [1.29, 1.82) is 10.5 Å². The lowest BCUT2D eigenvalue weighted by Gasteiger charge is -2.05. The molecule has 1 N–H and O–H groups in total. The Morgan fingerprint density at radius 2 is 1.65 bits per heavy atom. The smallest absolute Gasteiger partial charge is 0.230 e. The Labute approximate surface area is 142 Å². The number of anilines is 1. The molecule has 0 saturated heterocycles. The minimum absolute atomic E-state index is 0.302. The predicted octanol–water partition coefficient (Wildman–Crippen LogP) is 3.83. The summed E-state index contributed by atoms with van der Waals surface area (Å²) < 4.78 is 0.910. The van der Waals surface area contributed by atoms with Crippen LogP contribution in [0.3, 0.4) is 0 Å². The van der Waals surface area contributed by atoms with E-state index in [0.29, 0.717) is 5.69 Å². The molecular formula is C18H12BrN3O. The minimum atomic E-state index is -1.29. The van der Waals surface area contributed by atoms with Gasteiger partial charge in [0.1, 0.15) is 0 Å². The number of benzene rings is 2. The number of hydrogen-bond acceptors (Lipinski definition) is 3. The summed E-state index contributed by atoms with van der Waals surface area (Å²) in [7, 11) is 0. The molecule has 1 aliphatic rings. The molecule has 23 heavy (non-hydrogen) atoms. The van der Waals surface area contributed by atoms with Gasteiger partial charge in [0.2, 0.25) is 5.91 Å². The van der Waals surface area contributed by atoms with Crippen molar-refractivity contribution in [3.63, 3.8) is 0 Å². The highest BCUT2D eigenvalue weighted by atomic mass is 79.9. The second-order valence-corrected chi connectivity index (χ2v) is 6.37. The van der Waals surface area contributed by atoms with Crippen molar-refractivity contribution < 1.29 is 4.79 Å². The van der Waals surface area contributed by atoms with Gasteiger partial charge in [0.15, 0.2) is 5.41 Å². The van der Waals surface area contributed by atoms with Crippen LogP contribution >= 0.6 is 15.9 Å². The van der Waals surface area contributed by atoms with Crippen LogP contribution < -0.4 is 5.32 Å². The van der Waals surface area contributed by atoms with Gasteiger partial charge in [-0.05, 0) is 29.8 Å². The number of carbonyl (C=O) groups excluding carboxylic acids is 1. The molecule has 2 aromatic carbocycles. The maximum absolute atomic E-state index is 12.6. The van der Waals surface area contributed by atoms with Crippen molar-refractivity contribution in [3.05, 3.63) is 64.6 Å². The first-order valence-electron chi connectivity index (χ1n) is 7.06. The Kier molecular flexibility index (Phi) is 3.90. The molecule has 1 amide bonds. The zero-order valence-electron chi connectivity index (χ0n) is 12.0. The third-order valence-electron chi connectivity index (χ3n) is 4.13. The van der Waals surface area contributed by atoms with Crippen molar-refractivity contribution in [3.8, 4) is 12.1 Å². The molecule has 0 bridgehead atoms. The van der Waals surface area contributed by atoms with E-state index in [-0.39, 0.29) is 5.91 Å². The summed E-state index contributed by atoms with van der Waals surface area (Å²) in [5.74, 6) is -1.36. The Morgan fingerprint density at radius 3 is 2.22 bits per heavy atom. The first kappa shape index (κ1) is 15.3. The van der Waals surface area contributed by atoms with Gasteiger partial charge in [-0.25, -0.2) is 0 Å². The molecule has 0 radical (unpaired) electrons. The fraction of sp³-hybridized carbons (Fsp3) is 0.167. The summed E-state index contributed by atoms with van der Waals surface area (Å²) in [6.45, 7) is 0. The first-order valence-corrected chi connectivity index (χ1v) is 7.85. The molecule has 0 aromatic heterocycles. The van der Waals surface area contributed by atoms with Crippen LogP contribution in [0.15, 0.2) is 59.1 Å². The van der Waals surface area contributed by atoms with Gasteiger partial charge in [-0.2, -0.15) is 10.5 Å². The van der Waals surface area contributed by atoms with E-state index in [0.717, 1.165) is 10.0 Å². The lowest BCUT2D eigenvalue weighted by Crippen LogP contribution is -2.17. The molecule has 2 atom stereocenters. The molecule has 4 nitrogen and oxygen atoms in total. The number of rotatable bonds is 3. The largest absolute Gasteiger partial charge is 0.326 e. The van der Waals surface area contributed by atoms with Gasteiger partial charge >= 0.3 is 0 Å². The lowest BCUT2D eigenvalue weighted by atomic mass is 10.0. The average molecular weight is 366 g/mol. The zero-order valence-corrected chi connectivity index (χ0v) is 13.6. The summed E-state index contributed by atoms with van der Waals surface area (Å²) in [4.78, 5) is 12.6. The fourth-order valence-corrected chi connectivity index (χ4v) is 3.18. The van der Waals surface area contributed by atoms with E-state index in [1.165, 1.54) is 0 Å². The van der Waals surface area contributed by atoms with E-state index in [2.05, 4.69) is 21.2 Å². The SMILES string of the molecule is N#CC1(C#N)C(C(=O)Nc2ccc(Br)cc2)[C@H]1c1ccccc1. The second-order valence-electron chi connectivity index (χ2n) is 5.45. The molecule has 1 fully saturated rings. The van der Waals surface area contributed by atoms with Gasteiger partial charge in [-0.15, -0.1) is 0 Å². The molecule has 1 saturated carbocycles. The molecule has 0 spiro atoms. The highest BCUT2D eigenvalue weighted by molar-refractivity contribution is 9.10. The molecule has 1 unspecified atom stereocenters. The molecular weight excluding hydrogens is 354 g/mol. The van der Waals surface area contributed by atoms with Gasteiger partial charge in [0, 0.05) is 16.1 Å². The number of halogens is 1. The van der Waals surface area contributed by atoms with E-state index in [1.54, 1.807) is 12.1 Å². The van der Waals surface area contributed by atoms with Crippen molar-refractivity contribution in [2.45, 2.75) is 5.92 Å². The van der Waals surface area contributed by atoms with E-state index in [1.807, 2.05) is 54.6 Å². The van der Waals surface area contributed by atoms with Crippen LogP contribution in [-0.2, 0) is 4.79 Å². The van der Waals surface area contributed by atoms with Crippen LogP contribution in [0.4, 0.5) is 5.69 Å². The quantitative estimate of drug-likeness (QED) is 0.897. The van der Waals surface area contributed by atoms with E-state index in [9.17, 15) is 15.3 Å². The average Bonchev–Trinajstić information content (AvgIpc) is 3.27. The molecule has 0 heterocycles. The third-order valence-corrected chi connectivity index (χ3v) is 4.66. The van der Waals surface area contributed by atoms with E-state index < -0.39 is 17.3 Å². The van der Waals surface area contributed by atoms with Gasteiger partial charge in [0.25, 0.3) is 0 Å². The topological polar surface area (TPSA) is 76.7 Å². The van der Waals surface area contributed by atoms with Crippen molar-refractivity contribution in [2.24, 2.45) is 11.3 Å². The van der Waals surface area contributed by atoms with Crippen LogP contribution in [0, 0.1) is 34.0 Å². The summed E-state index contributed by atoms with van der Waals surface area (Å²) in [6.07, 6.45) is 0. The number of nitrogens with zero attached hydrogens (tertiary/aromatic N) is 2. The molecule has 112 valence electrons. The summed E-state index contributed by atoms with van der Waals surface area (Å²) in [6, 6.07) is 20.5. The molecule has 1 aliphatic carbocycles. The fourth-order valence-electron chi connectivity index (χ4n) is 2.92. The summed E-state index contributed by atoms with van der Waals surface area (Å²) in [5, 5.41) is 21.7. The summed E-state index contributed by atoms with van der Waals surface area (Å²) in [5.41, 5.74) is 0.189. The first-order chi connectivity index (χ1) is 11.1. The number of amides is 1. The maximum Gasteiger partial charge on any atom is 0.230 e. The highest BCUT2D eigenvalue weighted by Crippen LogP contribution is 2.64. The number of nitriles is 2. The Morgan fingerprint density at radius 1 is 1.04 bits per heavy atom. The van der Waals surface area contributed by atoms with Crippen molar-refractivity contribution in [2.75, 3.05) is 5.32 Å². The molecule has 2 aromatic rings.